The van der Waals surface area contributed by atoms with E-state index < -0.39 is 26.6 Å². The van der Waals surface area contributed by atoms with Gasteiger partial charge in [-0.15, -0.1) is 0 Å². The van der Waals surface area contributed by atoms with Gasteiger partial charge in [-0.2, -0.15) is 0 Å². The number of quaternary nitrogens is 1. The molecule has 0 fully saturated rings. The fourth-order valence-electron chi connectivity index (χ4n) is 7.86. The van der Waals surface area contributed by atoms with Gasteiger partial charge < -0.3 is 28.5 Å². The molecular formula is C57H107N2O7P. The number of rotatable bonds is 50. The quantitative estimate of drug-likeness (QED) is 0.0161. The van der Waals surface area contributed by atoms with Gasteiger partial charge in [0.15, 0.2) is 0 Å². The lowest BCUT2D eigenvalue weighted by atomic mass is 10.0. The topological polar surface area (TPSA) is 114 Å². The molecule has 0 saturated carbocycles. The van der Waals surface area contributed by atoms with Gasteiger partial charge in [0.05, 0.1) is 33.8 Å². The van der Waals surface area contributed by atoms with Crippen molar-refractivity contribution in [2.24, 2.45) is 0 Å². The van der Waals surface area contributed by atoms with Gasteiger partial charge in [0.1, 0.15) is 19.3 Å². The number of hydrogen-bond acceptors (Lipinski definition) is 7. The van der Waals surface area contributed by atoms with Gasteiger partial charge in [0, 0.05) is 12.8 Å². The molecule has 0 bridgehead atoms. The van der Waals surface area contributed by atoms with Crippen molar-refractivity contribution in [3.8, 4) is 0 Å². The van der Waals surface area contributed by atoms with Crippen LogP contribution in [0.25, 0.3) is 0 Å². The van der Waals surface area contributed by atoms with Crippen molar-refractivity contribution in [3.63, 3.8) is 0 Å². The molecule has 0 aromatic carbocycles. The average molecular weight is 963 g/mol. The number of carbonyl (C=O) groups excluding carboxylic acids is 2. The van der Waals surface area contributed by atoms with Crippen LogP contribution in [-0.2, 0) is 27.9 Å². The maximum absolute atomic E-state index is 13.4. The molecule has 392 valence electrons. The van der Waals surface area contributed by atoms with E-state index in [4.69, 9.17) is 13.8 Å². The molecule has 0 saturated heterocycles. The molecular weight excluding hydrogens is 856 g/mol. The first-order valence-electron chi connectivity index (χ1n) is 28.0. The van der Waals surface area contributed by atoms with Crippen LogP contribution in [0.3, 0.4) is 0 Å². The lowest BCUT2D eigenvalue weighted by Crippen LogP contribution is -2.47. The minimum Gasteiger partial charge on any atom is -0.756 e. The lowest BCUT2D eigenvalue weighted by molar-refractivity contribution is -0.870. The molecule has 0 radical (unpaired) electrons. The summed E-state index contributed by atoms with van der Waals surface area (Å²) < 4.78 is 30.2. The number of nitrogens with zero attached hydrogens (tertiary/aromatic N) is 1. The summed E-state index contributed by atoms with van der Waals surface area (Å²) in [6, 6.07) is -0.898. The number of nitrogens with one attached hydrogen (secondary N) is 1. The zero-order valence-electron chi connectivity index (χ0n) is 44.6. The Labute approximate surface area is 414 Å². The van der Waals surface area contributed by atoms with E-state index in [0.29, 0.717) is 30.3 Å². The molecule has 3 unspecified atom stereocenters. The van der Waals surface area contributed by atoms with Crippen molar-refractivity contribution in [1.82, 2.24) is 5.32 Å². The molecule has 0 heterocycles. The molecule has 0 spiro atoms. The van der Waals surface area contributed by atoms with E-state index in [1.165, 1.54) is 128 Å². The van der Waals surface area contributed by atoms with Crippen LogP contribution in [0.15, 0.2) is 48.6 Å². The van der Waals surface area contributed by atoms with Crippen LogP contribution in [0.2, 0.25) is 0 Å². The summed E-state index contributed by atoms with van der Waals surface area (Å²) in [6.07, 6.45) is 56.4. The van der Waals surface area contributed by atoms with Crippen LogP contribution < -0.4 is 10.2 Å². The molecule has 3 atom stereocenters. The lowest BCUT2D eigenvalue weighted by Gasteiger charge is -2.30. The average Bonchev–Trinajstić information content (AvgIpc) is 3.28. The number of allylic oxidation sites excluding steroid dienone is 7. The first-order chi connectivity index (χ1) is 32.4. The zero-order chi connectivity index (χ0) is 49.4. The second-order valence-corrected chi connectivity index (χ2v) is 21.5. The largest absolute Gasteiger partial charge is 0.756 e. The standard InChI is InChI=1S/C57H107N2O7P/c1-7-10-13-16-19-22-25-28-29-32-35-38-41-44-47-50-57(61)66-55(48-45-42-39-36-33-30-26-23-20-17-14-11-8-2)54(53-65-67(62,63)64-52-51-59(4,5)6)58-56(60)49-46-43-40-37-34-31-27-24-21-18-15-12-9-3/h19,22,25,28,31,34,45,48,54-55H,7-18,20-21,23-24,26-27,29-30,32-33,35-44,46-47,49-53H2,1-6H3,(H-,58,60,62,63)/b22-19+,28-25+,34-31-,48-45+. The minimum absolute atomic E-state index is 0.0271. The molecule has 0 rings (SSSR count). The second-order valence-electron chi connectivity index (χ2n) is 20.1. The highest BCUT2D eigenvalue weighted by atomic mass is 31.2. The van der Waals surface area contributed by atoms with Gasteiger partial charge in [0.25, 0.3) is 7.82 Å². The van der Waals surface area contributed by atoms with E-state index in [0.717, 1.165) is 77.0 Å². The molecule has 0 aromatic heterocycles. The van der Waals surface area contributed by atoms with Crippen LogP contribution in [0, 0.1) is 0 Å². The summed E-state index contributed by atoms with van der Waals surface area (Å²) >= 11 is 0. The summed E-state index contributed by atoms with van der Waals surface area (Å²) in [5.74, 6) is -0.571. The number of unbranched alkanes of at least 4 members (excludes halogenated alkanes) is 29. The number of ether oxygens (including phenoxy) is 1. The van der Waals surface area contributed by atoms with Crippen molar-refractivity contribution >= 4 is 19.7 Å². The molecule has 0 aliphatic heterocycles. The Morgan fingerprint density at radius 2 is 0.910 bits per heavy atom. The predicted molar refractivity (Wildman–Crippen MR) is 284 cm³/mol. The van der Waals surface area contributed by atoms with Crippen molar-refractivity contribution in [2.45, 2.75) is 264 Å². The van der Waals surface area contributed by atoms with Crippen LogP contribution in [0.1, 0.15) is 252 Å². The summed E-state index contributed by atoms with van der Waals surface area (Å²) in [5.41, 5.74) is 0. The van der Waals surface area contributed by atoms with Crippen molar-refractivity contribution in [1.29, 1.82) is 0 Å². The molecule has 1 N–H and O–H groups in total. The fraction of sp³-hybridized carbons (Fsp3) is 0.825. The van der Waals surface area contributed by atoms with Gasteiger partial charge in [-0.3, -0.25) is 14.2 Å². The molecule has 0 aliphatic carbocycles. The number of esters is 1. The summed E-state index contributed by atoms with van der Waals surface area (Å²) in [5, 5.41) is 3.00. The van der Waals surface area contributed by atoms with E-state index in [1.54, 1.807) is 0 Å². The smallest absolute Gasteiger partial charge is 0.306 e. The SMILES string of the molecule is CCCCC/C=C/C=C/CCCCCCCCC(=O)OC(/C=C/CCCCCCCCCCCCC)C(COP(=O)([O-])OCC[N+](C)(C)C)NC(=O)CCCCC/C=C\CCCCCCCC. The van der Waals surface area contributed by atoms with Crippen LogP contribution in [0.5, 0.6) is 0 Å². The first-order valence-corrected chi connectivity index (χ1v) is 29.4. The monoisotopic (exact) mass is 963 g/mol. The number of phosphoric acid groups is 1. The van der Waals surface area contributed by atoms with Gasteiger partial charge in [0.2, 0.25) is 5.91 Å². The normalized spacial score (nSPS) is 14.2. The highest BCUT2D eigenvalue weighted by molar-refractivity contribution is 7.45. The molecule has 0 aliphatic rings. The van der Waals surface area contributed by atoms with E-state index in [-0.39, 0.29) is 24.9 Å². The van der Waals surface area contributed by atoms with Crippen molar-refractivity contribution in [2.75, 3.05) is 40.9 Å². The zero-order valence-corrected chi connectivity index (χ0v) is 45.5. The van der Waals surface area contributed by atoms with E-state index in [2.05, 4.69) is 62.5 Å². The van der Waals surface area contributed by atoms with E-state index in [1.807, 2.05) is 33.3 Å². The third-order valence-electron chi connectivity index (χ3n) is 12.3. The summed E-state index contributed by atoms with van der Waals surface area (Å²) in [7, 11) is 1.17. The number of phosphoric ester groups is 1. The number of likely N-dealkylation sites (N-methyl/N-ethyl adjacent to an activating group) is 1. The Kier molecular flexibility index (Phi) is 46.2. The van der Waals surface area contributed by atoms with E-state index in [9.17, 15) is 19.0 Å². The first kappa shape index (κ1) is 65.0. The highest BCUT2D eigenvalue weighted by Crippen LogP contribution is 2.38. The van der Waals surface area contributed by atoms with Gasteiger partial charge in [-0.1, -0.05) is 205 Å². The maximum Gasteiger partial charge on any atom is 0.306 e. The third-order valence-corrected chi connectivity index (χ3v) is 13.2. The van der Waals surface area contributed by atoms with E-state index >= 15 is 0 Å². The van der Waals surface area contributed by atoms with Crippen molar-refractivity contribution < 1.29 is 37.3 Å². The Balaban J connectivity index is 5.44. The maximum atomic E-state index is 13.4. The Morgan fingerprint density at radius 3 is 1.40 bits per heavy atom. The molecule has 9 nitrogen and oxygen atoms in total. The summed E-state index contributed by atoms with van der Waals surface area (Å²) in [4.78, 5) is 39.8. The number of carbonyl (C=O) groups is 2. The van der Waals surface area contributed by atoms with Gasteiger partial charge in [-0.25, -0.2) is 0 Å². The van der Waals surface area contributed by atoms with Gasteiger partial charge >= 0.3 is 5.97 Å². The second kappa shape index (κ2) is 47.6. The highest BCUT2D eigenvalue weighted by Gasteiger charge is 2.27. The molecule has 67 heavy (non-hydrogen) atoms. The third kappa shape index (κ3) is 48.8. The van der Waals surface area contributed by atoms with Crippen molar-refractivity contribution in [3.05, 3.63) is 48.6 Å². The molecule has 10 heteroatoms. The molecule has 1 amide bonds. The Morgan fingerprint density at radius 1 is 0.522 bits per heavy atom. The summed E-state index contributed by atoms with van der Waals surface area (Å²) in [6.45, 7) is 6.78. The van der Waals surface area contributed by atoms with Crippen LogP contribution in [-0.4, -0.2) is 69.4 Å². The van der Waals surface area contributed by atoms with Gasteiger partial charge in [-0.05, 0) is 83.1 Å². The fourth-order valence-corrected chi connectivity index (χ4v) is 8.58. The predicted octanol–water partition coefficient (Wildman–Crippen LogP) is 15.9. The Bertz CT molecular complexity index is 1290. The molecule has 0 aromatic rings. The van der Waals surface area contributed by atoms with Crippen LogP contribution >= 0.6 is 7.82 Å². The number of amides is 1. The minimum atomic E-state index is -4.70. The Hall–Kier alpha value is -2.03. The van der Waals surface area contributed by atoms with Crippen LogP contribution in [0.4, 0.5) is 0 Å². The number of hydrogen-bond donors (Lipinski definition) is 1.